The number of nitrogens with one attached hydrogen (secondary N) is 1. The first kappa shape index (κ1) is 18.5. The van der Waals surface area contributed by atoms with Crippen LogP contribution in [0, 0.1) is 0 Å². The Labute approximate surface area is 157 Å². The molecule has 0 atom stereocenters. The maximum atomic E-state index is 12.4. The summed E-state index contributed by atoms with van der Waals surface area (Å²) in [6.07, 6.45) is 6.17. The van der Waals surface area contributed by atoms with Crippen LogP contribution in [0.1, 0.15) is 47.7 Å². The van der Waals surface area contributed by atoms with Crippen LogP contribution in [0.5, 0.6) is 5.75 Å². The SMILES string of the molecule is COc1cc(N)c(Cl)cc1C(=O)NCCCc1nnc2n1CCCCC2. The fourth-order valence-corrected chi connectivity index (χ4v) is 3.35. The Hall–Kier alpha value is -2.28. The highest BCUT2D eigenvalue weighted by atomic mass is 35.5. The second-order valence-corrected chi connectivity index (χ2v) is 6.84. The van der Waals surface area contributed by atoms with Gasteiger partial charge < -0.3 is 20.4 Å². The van der Waals surface area contributed by atoms with Gasteiger partial charge in [0.05, 0.1) is 23.4 Å². The first-order valence-corrected chi connectivity index (χ1v) is 9.30. The number of rotatable bonds is 6. The van der Waals surface area contributed by atoms with E-state index in [-0.39, 0.29) is 5.91 Å². The van der Waals surface area contributed by atoms with E-state index in [0.29, 0.717) is 28.6 Å². The number of nitrogens with zero attached hydrogens (tertiary/aromatic N) is 3. The number of ether oxygens (including phenoxy) is 1. The maximum absolute atomic E-state index is 12.4. The van der Waals surface area contributed by atoms with Gasteiger partial charge in [-0.15, -0.1) is 10.2 Å². The highest BCUT2D eigenvalue weighted by Crippen LogP contribution is 2.28. The lowest BCUT2D eigenvalue weighted by molar-refractivity contribution is 0.0950. The van der Waals surface area contributed by atoms with Gasteiger partial charge in [0.2, 0.25) is 0 Å². The Morgan fingerprint density at radius 3 is 3.00 bits per heavy atom. The number of halogens is 1. The minimum absolute atomic E-state index is 0.233. The lowest BCUT2D eigenvalue weighted by atomic mass is 10.1. The summed E-state index contributed by atoms with van der Waals surface area (Å²) < 4.78 is 7.45. The molecule has 3 N–H and O–H groups in total. The van der Waals surface area contributed by atoms with E-state index in [9.17, 15) is 4.79 Å². The molecule has 0 bridgehead atoms. The molecule has 0 saturated heterocycles. The summed E-state index contributed by atoms with van der Waals surface area (Å²) in [6, 6.07) is 3.09. The molecule has 0 saturated carbocycles. The largest absolute Gasteiger partial charge is 0.496 e. The highest BCUT2D eigenvalue weighted by Gasteiger charge is 2.16. The average Bonchev–Trinajstić information content (AvgIpc) is 2.86. The normalized spacial score (nSPS) is 13.8. The molecule has 0 unspecified atom stereocenters. The van der Waals surface area contributed by atoms with Crippen LogP contribution in [0.2, 0.25) is 5.02 Å². The fourth-order valence-electron chi connectivity index (χ4n) is 3.19. The molecule has 1 amide bonds. The summed E-state index contributed by atoms with van der Waals surface area (Å²) in [5, 5.41) is 11.8. The van der Waals surface area contributed by atoms with Crippen LogP contribution >= 0.6 is 11.6 Å². The van der Waals surface area contributed by atoms with Gasteiger partial charge in [-0.3, -0.25) is 4.79 Å². The van der Waals surface area contributed by atoms with Crippen molar-refractivity contribution < 1.29 is 9.53 Å². The van der Waals surface area contributed by atoms with Gasteiger partial charge in [-0.2, -0.15) is 0 Å². The van der Waals surface area contributed by atoms with Gasteiger partial charge in [0, 0.05) is 32.0 Å². The van der Waals surface area contributed by atoms with E-state index >= 15 is 0 Å². The first-order chi connectivity index (χ1) is 12.6. The van der Waals surface area contributed by atoms with E-state index in [1.807, 2.05) is 0 Å². The van der Waals surface area contributed by atoms with Crippen molar-refractivity contribution in [2.75, 3.05) is 19.4 Å². The topological polar surface area (TPSA) is 95.1 Å². The van der Waals surface area contributed by atoms with Crippen molar-refractivity contribution >= 4 is 23.2 Å². The van der Waals surface area contributed by atoms with Crippen LogP contribution in [0.15, 0.2) is 12.1 Å². The summed E-state index contributed by atoms with van der Waals surface area (Å²) in [5.41, 5.74) is 6.51. The van der Waals surface area contributed by atoms with Crippen LogP contribution in [-0.2, 0) is 19.4 Å². The Bertz CT molecular complexity index is 790. The second-order valence-electron chi connectivity index (χ2n) is 6.43. The van der Waals surface area contributed by atoms with Crippen molar-refractivity contribution in [3.8, 4) is 5.75 Å². The van der Waals surface area contributed by atoms with Crippen molar-refractivity contribution in [2.24, 2.45) is 0 Å². The van der Waals surface area contributed by atoms with E-state index < -0.39 is 0 Å². The first-order valence-electron chi connectivity index (χ1n) is 8.92. The Kier molecular flexibility index (Phi) is 5.98. The van der Waals surface area contributed by atoms with Gasteiger partial charge in [0.1, 0.15) is 17.4 Å². The van der Waals surface area contributed by atoms with Crippen LogP contribution in [0.3, 0.4) is 0 Å². The Morgan fingerprint density at radius 2 is 2.19 bits per heavy atom. The van der Waals surface area contributed by atoms with Crippen LogP contribution in [0.4, 0.5) is 5.69 Å². The zero-order valence-electron chi connectivity index (χ0n) is 14.9. The number of methoxy groups -OCH3 is 1. The van der Waals surface area contributed by atoms with Gasteiger partial charge in [0.15, 0.2) is 0 Å². The molecule has 8 heteroatoms. The molecule has 2 heterocycles. The monoisotopic (exact) mass is 377 g/mol. The number of fused-ring (bicyclic) bond motifs is 1. The second kappa shape index (κ2) is 8.40. The molecule has 140 valence electrons. The molecule has 3 rings (SSSR count). The third-order valence-electron chi connectivity index (χ3n) is 4.61. The molecule has 0 radical (unpaired) electrons. The number of hydrogen-bond donors (Lipinski definition) is 2. The molecule has 0 spiro atoms. The van der Waals surface area contributed by atoms with Crippen molar-refractivity contribution in [2.45, 2.75) is 45.1 Å². The van der Waals surface area contributed by atoms with Gasteiger partial charge >= 0.3 is 0 Å². The molecule has 1 aromatic carbocycles. The van der Waals surface area contributed by atoms with Gasteiger partial charge in [-0.1, -0.05) is 18.0 Å². The highest BCUT2D eigenvalue weighted by molar-refractivity contribution is 6.33. The van der Waals surface area contributed by atoms with Gasteiger partial charge in [-0.25, -0.2) is 0 Å². The molecule has 7 nitrogen and oxygen atoms in total. The summed E-state index contributed by atoms with van der Waals surface area (Å²) in [7, 11) is 1.50. The third-order valence-corrected chi connectivity index (χ3v) is 4.94. The quantitative estimate of drug-likeness (QED) is 0.596. The van der Waals surface area contributed by atoms with E-state index in [2.05, 4.69) is 20.1 Å². The maximum Gasteiger partial charge on any atom is 0.255 e. The molecular formula is C18H24ClN5O2. The standard InChI is InChI=1S/C18H24ClN5O2/c1-26-15-11-14(20)13(19)10-12(15)18(25)21-8-5-7-17-23-22-16-6-3-2-4-9-24(16)17/h10-11H,2-9,20H2,1H3,(H,21,25). The van der Waals surface area contributed by atoms with Crippen molar-refractivity contribution in [1.82, 2.24) is 20.1 Å². The molecule has 1 aliphatic rings. The summed E-state index contributed by atoms with van der Waals surface area (Å²) >= 11 is 6.02. The van der Waals surface area contributed by atoms with E-state index in [1.165, 1.54) is 32.4 Å². The molecule has 1 aromatic heterocycles. The number of nitrogens with two attached hydrogens (primary N) is 1. The molecule has 0 aliphatic carbocycles. The van der Waals surface area contributed by atoms with Crippen LogP contribution in [-0.4, -0.2) is 34.3 Å². The number of carbonyl (C=O) groups is 1. The lowest BCUT2D eigenvalue weighted by Crippen LogP contribution is -2.25. The van der Waals surface area contributed by atoms with E-state index in [0.717, 1.165) is 37.5 Å². The third kappa shape index (κ3) is 4.09. The molecule has 0 fully saturated rings. The summed E-state index contributed by atoms with van der Waals surface area (Å²) in [5.74, 6) is 2.27. The number of nitrogen functional groups attached to an aromatic ring is 1. The number of aromatic nitrogens is 3. The fraction of sp³-hybridized carbons (Fsp3) is 0.500. The molecule has 2 aromatic rings. The average molecular weight is 378 g/mol. The predicted molar refractivity (Wildman–Crippen MR) is 101 cm³/mol. The Balaban J connectivity index is 1.55. The number of amides is 1. The zero-order chi connectivity index (χ0) is 18.5. The van der Waals surface area contributed by atoms with Crippen molar-refractivity contribution in [3.05, 3.63) is 34.4 Å². The molecule has 1 aliphatic heterocycles. The zero-order valence-corrected chi connectivity index (χ0v) is 15.7. The van der Waals surface area contributed by atoms with E-state index in [4.69, 9.17) is 22.1 Å². The van der Waals surface area contributed by atoms with Crippen molar-refractivity contribution in [1.29, 1.82) is 0 Å². The van der Waals surface area contributed by atoms with Crippen molar-refractivity contribution in [3.63, 3.8) is 0 Å². The van der Waals surface area contributed by atoms with Crippen LogP contribution < -0.4 is 15.8 Å². The number of anilines is 1. The molecular weight excluding hydrogens is 354 g/mol. The lowest BCUT2D eigenvalue weighted by Gasteiger charge is -2.11. The minimum Gasteiger partial charge on any atom is -0.496 e. The molecule has 26 heavy (non-hydrogen) atoms. The van der Waals surface area contributed by atoms with Gasteiger partial charge in [0.25, 0.3) is 5.91 Å². The predicted octanol–water partition coefficient (Wildman–Crippen LogP) is 2.61. The number of aryl methyl sites for hydroxylation is 2. The summed E-state index contributed by atoms with van der Waals surface area (Å²) in [4.78, 5) is 12.4. The summed E-state index contributed by atoms with van der Waals surface area (Å²) in [6.45, 7) is 1.53. The minimum atomic E-state index is -0.233. The number of hydrogen-bond acceptors (Lipinski definition) is 5. The Morgan fingerprint density at radius 1 is 1.35 bits per heavy atom. The number of benzene rings is 1. The van der Waals surface area contributed by atoms with Gasteiger partial charge in [-0.05, 0) is 25.3 Å². The van der Waals surface area contributed by atoms with Crippen LogP contribution in [0.25, 0.3) is 0 Å². The smallest absolute Gasteiger partial charge is 0.255 e. The number of carbonyl (C=O) groups excluding carboxylic acids is 1. The van der Waals surface area contributed by atoms with E-state index in [1.54, 1.807) is 6.07 Å².